The van der Waals surface area contributed by atoms with Gasteiger partial charge in [0.15, 0.2) is 5.78 Å². The average Bonchev–Trinajstić information content (AvgIpc) is 2.72. The zero-order chi connectivity index (χ0) is 19.9. The number of benzene rings is 2. The number of nitrogens with one attached hydrogen (secondary N) is 1. The average molecular weight is 374 g/mol. The van der Waals surface area contributed by atoms with Crippen LogP contribution < -0.4 is 11.1 Å². The lowest BCUT2D eigenvalue weighted by Gasteiger charge is -2.24. The topological polar surface area (TPSA) is 71.2 Å². The molecule has 2 aromatic carbocycles. The molecule has 0 saturated carbocycles. The van der Waals surface area contributed by atoms with E-state index in [1.165, 1.54) is 0 Å². The van der Waals surface area contributed by atoms with E-state index >= 15 is 0 Å². The Kier molecular flexibility index (Phi) is 6.40. The predicted molar refractivity (Wildman–Crippen MR) is 115 cm³/mol. The van der Waals surface area contributed by atoms with Gasteiger partial charge in [-0.15, -0.1) is 0 Å². The van der Waals surface area contributed by atoms with Crippen LogP contribution in [0.2, 0.25) is 0 Å². The first-order valence-electron chi connectivity index (χ1n) is 9.36. The van der Waals surface area contributed by atoms with Gasteiger partial charge in [0.25, 0.3) is 0 Å². The van der Waals surface area contributed by atoms with Gasteiger partial charge in [-0.2, -0.15) is 0 Å². The van der Waals surface area contributed by atoms with Crippen molar-refractivity contribution in [2.75, 3.05) is 31.7 Å². The number of ketones is 1. The fourth-order valence-electron chi connectivity index (χ4n) is 3.16. The number of carbonyl (C=O) groups excluding carboxylic acids is 1. The van der Waals surface area contributed by atoms with Crippen molar-refractivity contribution < 1.29 is 4.79 Å². The van der Waals surface area contributed by atoms with Gasteiger partial charge in [-0.05, 0) is 45.3 Å². The van der Waals surface area contributed by atoms with E-state index in [2.05, 4.69) is 15.2 Å². The molecule has 3 rings (SSSR count). The SMILES string of the molecule is CN(C)CCC(Nc1ccccc1C(=O)c1ccccc1)c1cccnc1N. The van der Waals surface area contributed by atoms with Gasteiger partial charge < -0.3 is 16.0 Å². The summed E-state index contributed by atoms with van der Waals surface area (Å²) in [6.07, 6.45) is 2.52. The Balaban J connectivity index is 1.93. The van der Waals surface area contributed by atoms with E-state index in [1.54, 1.807) is 6.20 Å². The molecule has 3 aromatic rings. The third-order valence-electron chi connectivity index (χ3n) is 4.65. The molecule has 0 aliphatic heterocycles. The molecular weight excluding hydrogens is 348 g/mol. The van der Waals surface area contributed by atoms with E-state index in [4.69, 9.17) is 5.73 Å². The summed E-state index contributed by atoms with van der Waals surface area (Å²) in [6.45, 7) is 0.876. The van der Waals surface area contributed by atoms with Gasteiger partial charge in [0, 0.05) is 28.6 Å². The molecule has 0 bridgehead atoms. The second-order valence-electron chi connectivity index (χ2n) is 7.01. The zero-order valence-corrected chi connectivity index (χ0v) is 16.3. The van der Waals surface area contributed by atoms with Crippen molar-refractivity contribution >= 4 is 17.3 Å². The Bertz CT molecular complexity index is 925. The third kappa shape index (κ3) is 4.75. The highest BCUT2D eigenvalue weighted by Crippen LogP contribution is 2.29. The number of nitrogens with two attached hydrogens (primary N) is 1. The number of para-hydroxylation sites is 1. The minimum absolute atomic E-state index is 0.00535. The van der Waals surface area contributed by atoms with Crippen LogP contribution >= 0.6 is 0 Å². The molecule has 5 nitrogen and oxygen atoms in total. The molecule has 1 heterocycles. The van der Waals surface area contributed by atoms with E-state index in [0.717, 1.165) is 24.2 Å². The van der Waals surface area contributed by atoms with Crippen molar-refractivity contribution in [1.82, 2.24) is 9.88 Å². The van der Waals surface area contributed by atoms with Gasteiger partial charge in [-0.3, -0.25) is 4.79 Å². The van der Waals surface area contributed by atoms with Crippen LogP contribution in [0.5, 0.6) is 0 Å². The van der Waals surface area contributed by atoms with Crippen molar-refractivity contribution in [3.63, 3.8) is 0 Å². The zero-order valence-electron chi connectivity index (χ0n) is 16.3. The standard InChI is InChI=1S/C23H26N4O/c1-27(2)16-14-21(19-12-8-15-25-23(19)24)26-20-13-7-6-11-18(20)22(28)17-9-4-3-5-10-17/h3-13,15,21,26H,14,16H2,1-2H3,(H2,24,25). The number of hydrogen-bond donors (Lipinski definition) is 2. The summed E-state index contributed by atoms with van der Waals surface area (Å²) in [7, 11) is 4.08. The second kappa shape index (κ2) is 9.15. The van der Waals surface area contributed by atoms with Crippen molar-refractivity contribution in [3.05, 3.63) is 89.6 Å². The quantitative estimate of drug-likeness (QED) is 0.583. The highest BCUT2D eigenvalue weighted by atomic mass is 16.1. The summed E-state index contributed by atoms with van der Waals surface area (Å²) >= 11 is 0. The Morgan fingerprint density at radius 3 is 2.46 bits per heavy atom. The van der Waals surface area contributed by atoms with E-state index in [-0.39, 0.29) is 11.8 Å². The maximum Gasteiger partial charge on any atom is 0.195 e. The summed E-state index contributed by atoms with van der Waals surface area (Å²) in [5.74, 6) is 0.500. The van der Waals surface area contributed by atoms with E-state index < -0.39 is 0 Å². The van der Waals surface area contributed by atoms with Crippen LogP contribution in [0.1, 0.15) is 33.9 Å². The van der Waals surface area contributed by atoms with Crippen LogP contribution in [-0.4, -0.2) is 36.3 Å². The molecule has 1 unspecified atom stereocenters. The van der Waals surface area contributed by atoms with Crippen LogP contribution in [0.4, 0.5) is 11.5 Å². The van der Waals surface area contributed by atoms with Crippen molar-refractivity contribution in [1.29, 1.82) is 0 Å². The van der Waals surface area contributed by atoms with Crippen LogP contribution in [0.15, 0.2) is 72.9 Å². The van der Waals surface area contributed by atoms with Crippen molar-refractivity contribution in [2.45, 2.75) is 12.5 Å². The van der Waals surface area contributed by atoms with E-state index in [1.807, 2.05) is 80.8 Å². The fraction of sp³-hybridized carbons (Fsp3) is 0.217. The lowest BCUT2D eigenvalue weighted by Crippen LogP contribution is -2.22. The minimum atomic E-state index is -0.0548. The van der Waals surface area contributed by atoms with Crippen LogP contribution in [0.3, 0.4) is 0 Å². The number of carbonyl (C=O) groups is 1. The number of anilines is 2. The molecule has 5 heteroatoms. The number of hydrogen-bond acceptors (Lipinski definition) is 5. The summed E-state index contributed by atoms with van der Waals surface area (Å²) in [5, 5.41) is 3.54. The van der Waals surface area contributed by atoms with Crippen molar-refractivity contribution in [3.8, 4) is 0 Å². The molecule has 1 aromatic heterocycles. The van der Waals surface area contributed by atoms with Gasteiger partial charge in [-0.1, -0.05) is 48.5 Å². The highest BCUT2D eigenvalue weighted by Gasteiger charge is 2.19. The number of pyridine rings is 1. The first-order valence-corrected chi connectivity index (χ1v) is 9.36. The minimum Gasteiger partial charge on any atom is -0.383 e. The van der Waals surface area contributed by atoms with Gasteiger partial charge >= 0.3 is 0 Å². The van der Waals surface area contributed by atoms with Crippen molar-refractivity contribution in [2.24, 2.45) is 0 Å². The molecule has 0 saturated heterocycles. The van der Waals surface area contributed by atoms with Crippen LogP contribution in [0.25, 0.3) is 0 Å². The first-order chi connectivity index (χ1) is 13.6. The Morgan fingerprint density at radius 1 is 1.04 bits per heavy atom. The molecule has 0 aliphatic carbocycles. The lowest BCUT2D eigenvalue weighted by atomic mass is 9.99. The van der Waals surface area contributed by atoms with E-state index in [0.29, 0.717) is 16.9 Å². The van der Waals surface area contributed by atoms with Gasteiger partial charge in [0.1, 0.15) is 5.82 Å². The molecule has 0 radical (unpaired) electrons. The normalized spacial score (nSPS) is 12.0. The molecule has 1 atom stereocenters. The number of rotatable bonds is 8. The predicted octanol–water partition coefficient (Wildman–Crippen LogP) is 4.00. The van der Waals surface area contributed by atoms with Crippen LogP contribution in [-0.2, 0) is 0 Å². The highest BCUT2D eigenvalue weighted by molar-refractivity contribution is 6.12. The number of aromatic nitrogens is 1. The molecular formula is C23H26N4O. The van der Waals surface area contributed by atoms with Crippen LogP contribution in [0, 0.1) is 0 Å². The summed E-state index contributed by atoms with van der Waals surface area (Å²) in [6, 6.07) is 20.7. The second-order valence-corrected chi connectivity index (χ2v) is 7.01. The Labute approximate surface area is 166 Å². The summed E-state index contributed by atoms with van der Waals surface area (Å²) in [5.41, 5.74) is 9.18. The maximum atomic E-state index is 13.0. The molecule has 0 spiro atoms. The summed E-state index contributed by atoms with van der Waals surface area (Å²) < 4.78 is 0. The lowest BCUT2D eigenvalue weighted by molar-refractivity contribution is 0.103. The first kappa shape index (κ1) is 19.6. The molecule has 28 heavy (non-hydrogen) atoms. The fourth-order valence-corrected chi connectivity index (χ4v) is 3.16. The summed E-state index contributed by atoms with van der Waals surface area (Å²) in [4.78, 5) is 19.4. The number of nitrogens with zero attached hydrogens (tertiary/aromatic N) is 2. The van der Waals surface area contributed by atoms with Gasteiger partial charge in [-0.25, -0.2) is 4.98 Å². The number of nitrogen functional groups attached to an aromatic ring is 1. The smallest absolute Gasteiger partial charge is 0.195 e. The maximum absolute atomic E-state index is 13.0. The molecule has 0 aliphatic rings. The molecule has 144 valence electrons. The Morgan fingerprint density at radius 2 is 1.75 bits per heavy atom. The molecule has 0 amide bonds. The largest absolute Gasteiger partial charge is 0.383 e. The molecule has 0 fully saturated rings. The third-order valence-corrected chi connectivity index (χ3v) is 4.65. The van der Waals surface area contributed by atoms with Gasteiger partial charge in [0.2, 0.25) is 0 Å². The van der Waals surface area contributed by atoms with Gasteiger partial charge in [0.05, 0.1) is 6.04 Å². The van der Waals surface area contributed by atoms with E-state index in [9.17, 15) is 4.79 Å². The molecule has 3 N–H and O–H groups in total. The Hall–Kier alpha value is -3.18. The monoisotopic (exact) mass is 374 g/mol.